The summed E-state index contributed by atoms with van der Waals surface area (Å²) >= 11 is 3.78. The smallest absolute Gasteiger partial charge is 0.278 e. The van der Waals surface area contributed by atoms with E-state index in [1.165, 1.54) is 23.1 Å². The zero-order valence-electron chi connectivity index (χ0n) is 29.4. The third-order valence-corrected chi connectivity index (χ3v) is 12.2. The van der Waals surface area contributed by atoms with Gasteiger partial charge in [0.2, 0.25) is 27.8 Å². The number of alkyl halides is 1. The molecule has 6 aromatic rings. The maximum Gasteiger partial charge on any atom is 0.278 e. The van der Waals surface area contributed by atoms with Crippen LogP contribution in [0.3, 0.4) is 0 Å². The van der Waals surface area contributed by atoms with Crippen LogP contribution in [-0.2, 0) is 31.8 Å². The second-order valence-electron chi connectivity index (χ2n) is 12.7. The quantitative estimate of drug-likeness (QED) is 0.0582. The number of benzene rings is 3. The van der Waals surface area contributed by atoms with Crippen LogP contribution in [0.1, 0.15) is 28.2 Å². The summed E-state index contributed by atoms with van der Waals surface area (Å²) < 4.78 is 21.5. The summed E-state index contributed by atoms with van der Waals surface area (Å²) in [6.45, 7) is -1.34. The first-order chi connectivity index (χ1) is 27.3. The number of oxime groups is 1. The maximum absolute atomic E-state index is 13.8. The highest BCUT2D eigenvalue weighted by atomic mass is 32.2. The number of halogens is 1. The summed E-state index contributed by atoms with van der Waals surface area (Å²) in [7, 11) is 1.91. The lowest BCUT2D eigenvalue weighted by Gasteiger charge is -2.50. The molecule has 1 fully saturated rings. The number of fused-ring (bicyclic) bond motifs is 2. The standard InChI is InChI=1S/C39H31FN8O5S3/c1-46-19-29-47(23-46)28(21-54-29)18-17-24-20-55-36-31(35(50)48(36)32(24)37(51)52)41-34(49)30(44-53-22-40)33-42-38(56-45-33)43-39(25-11-5-2-6-12-25,26-13-7-3-8-14-26)27-15-9-4-10-16-27/h2-19,21,23,31,36H,20,22H2,1H3,(H2-,41,42,43,45,49,51,52)/b18-17?,44-30-/t31-,36-/m1/s1. The summed E-state index contributed by atoms with van der Waals surface area (Å²) in [4.78, 5) is 51.1. The number of amides is 2. The number of β-lactam (4-membered cyclic amide) rings is 1. The van der Waals surface area contributed by atoms with Crippen LogP contribution in [0.2, 0.25) is 0 Å². The molecule has 0 aliphatic carbocycles. The number of anilines is 1. The van der Waals surface area contributed by atoms with Crippen LogP contribution in [0, 0.1) is 0 Å². The molecule has 13 nitrogen and oxygen atoms in total. The zero-order chi connectivity index (χ0) is 38.8. The molecule has 2 N–H and O–H groups in total. The molecule has 2 aliphatic rings. The van der Waals surface area contributed by atoms with Gasteiger partial charge in [-0.2, -0.15) is 13.8 Å². The van der Waals surface area contributed by atoms with E-state index < -0.39 is 47.3 Å². The zero-order valence-corrected chi connectivity index (χ0v) is 31.9. The van der Waals surface area contributed by atoms with Crippen molar-refractivity contribution in [3.05, 3.63) is 154 Å². The van der Waals surface area contributed by atoms with E-state index in [0.717, 1.165) is 43.6 Å². The third kappa shape index (κ3) is 6.73. The molecule has 2 aliphatic heterocycles. The minimum atomic E-state index is -1.52. The van der Waals surface area contributed by atoms with Gasteiger partial charge >= 0.3 is 0 Å². The first-order valence-electron chi connectivity index (χ1n) is 17.2. The predicted octanol–water partition coefficient (Wildman–Crippen LogP) is 3.85. The molecule has 0 saturated carbocycles. The SMILES string of the molecule is C[n+]1cc2scc(C=CC3=C(C(=O)[O-])N4C(=O)[C@@H](NC(=O)/C(=N\OCF)c5nsc(NC(c6ccccc6)(c6ccccc6)c6ccccc6)n5)[C@H]4SC3)n2c1. The third-order valence-electron chi connectivity index (χ3n) is 9.33. The molecule has 5 heterocycles. The lowest BCUT2D eigenvalue weighted by Crippen LogP contribution is -2.71. The van der Waals surface area contributed by atoms with E-state index in [1.54, 1.807) is 12.2 Å². The van der Waals surface area contributed by atoms with Crippen LogP contribution in [0.5, 0.6) is 0 Å². The van der Waals surface area contributed by atoms with Crippen molar-refractivity contribution >= 4 is 74.2 Å². The van der Waals surface area contributed by atoms with Crippen molar-refractivity contribution < 1.29 is 33.3 Å². The van der Waals surface area contributed by atoms with E-state index in [4.69, 9.17) is 0 Å². The van der Waals surface area contributed by atoms with Crippen molar-refractivity contribution in [2.75, 3.05) is 17.9 Å². The molecule has 3 aromatic heterocycles. The van der Waals surface area contributed by atoms with Gasteiger partial charge < -0.3 is 25.4 Å². The Labute approximate surface area is 331 Å². The summed E-state index contributed by atoms with van der Waals surface area (Å²) in [5, 5.41) is 23.8. The second-order valence-corrected chi connectivity index (χ2v) is 15.5. The molecule has 2 atom stereocenters. The van der Waals surface area contributed by atoms with Crippen LogP contribution in [0.15, 0.2) is 131 Å². The molecule has 0 bridgehead atoms. The summed E-state index contributed by atoms with van der Waals surface area (Å²) in [5.74, 6) is -3.03. The van der Waals surface area contributed by atoms with Crippen LogP contribution in [-0.4, -0.2) is 66.2 Å². The number of carboxylic acid groups (broad SMARTS) is 1. The molecule has 282 valence electrons. The highest BCUT2D eigenvalue weighted by molar-refractivity contribution is 8.00. The second kappa shape index (κ2) is 15.5. The van der Waals surface area contributed by atoms with Gasteiger partial charge in [-0.15, -0.1) is 11.8 Å². The van der Waals surface area contributed by atoms with E-state index in [1.807, 2.05) is 125 Å². The Kier molecular flexibility index (Phi) is 10.2. The van der Waals surface area contributed by atoms with Crippen molar-refractivity contribution in [1.29, 1.82) is 0 Å². The van der Waals surface area contributed by atoms with Crippen LogP contribution >= 0.6 is 34.6 Å². The lowest BCUT2D eigenvalue weighted by atomic mass is 9.77. The molecule has 1 saturated heterocycles. The Balaban J connectivity index is 1.05. The number of thioether (sulfide) groups is 1. The van der Waals surface area contributed by atoms with Gasteiger partial charge in [-0.3, -0.25) is 14.5 Å². The number of allylic oxidation sites excluding steroid dienone is 1. The van der Waals surface area contributed by atoms with E-state index in [9.17, 15) is 23.9 Å². The number of aliphatic carboxylic acids is 1. The molecule has 0 radical (unpaired) electrons. The number of imidazole rings is 1. The number of carbonyl (C=O) groups excluding carboxylic acids is 3. The van der Waals surface area contributed by atoms with Gasteiger partial charge in [0.1, 0.15) is 28.8 Å². The predicted molar refractivity (Wildman–Crippen MR) is 209 cm³/mol. The number of hydrogen-bond acceptors (Lipinski definition) is 12. The fourth-order valence-electron chi connectivity index (χ4n) is 6.83. The van der Waals surface area contributed by atoms with E-state index in [2.05, 4.69) is 30.0 Å². The Bertz CT molecular complexity index is 2420. The van der Waals surface area contributed by atoms with Crippen molar-refractivity contribution in [2.45, 2.75) is 17.0 Å². The van der Waals surface area contributed by atoms with Gasteiger partial charge in [0, 0.05) is 22.7 Å². The lowest BCUT2D eigenvalue weighted by molar-refractivity contribution is -0.669. The van der Waals surface area contributed by atoms with Crippen LogP contribution in [0.25, 0.3) is 10.9 Å². The molecule has 0 spiro atoms. The first kappa shape index (κ1) is 36.8. The number of hydrogen-bond donors (Lipinski definition) is 2. The molecular weight excluding hydrogens is 776 g/mol. The largest absolute Gasteiger partial charge is 0.543 e. The van der Waals surface area contributed by atoms with Crippen molar-refractivity contribution in [3.63, 3.8) is 0 Å². The summed E-state index contributed by atoms with van der Waals surface area (Å²) in [6, 6.07) is 28.3. The van der Waals surface area contributed by atoms with Gasteiger partial charge in [-0.25, -0.2) is 8.96 Å². The fraction of sp³-hybridized carbons (Fsp3) is 0.154. The number of carboxylic acids is 1. The highest BCUT2D eigenvalue weighted by Gasteiger charge is 2.53. The van der Waals surface area contributed by atoms with E-state index >= 15 is 0 Å². The minimum Gasteiger partial charge on any atom is -0.543 e. The fourth-order valence-corrected chi connectivity index (χ4v) is 9.70. The number of carbonyl (C=O) groups is 3. The highest BCUT2D eigenvalue weighted by Crippen LogP contribution is 2.42. The summed E-state index contributed by atoms with van der Waals surface area (Å²) in [5.41, 5.74) is 2.25. The van der Waals surface area contributed by atoms with Crippen molar-refractivity contribution in [2.24, 2.45) is 12.2 Å². The van der Waals surface area contributed by atoms with Crippen molar-refractivity contribution in [1.82, 2.24) is 24.0 Å². The molecule has 2 amide bonds. The molecule has 0 unspecified atom stereocenters. The van der Waals surface area contributed by atoms with Gasteiger partial charge in [-0.1, -0.05) is 114 Å². The Hall–Kier alpha value is -6.17. The first-order valence-corrected chi connectivity index (χ1v) is 19.9. The van der Waals surface area contributed by atoms with Crippen LogP contribution < -0.4 is 20.3 Å². The topological polar surface area (TPSA) is 157 Å². The van der Waals surface area contributed by atoms with E-state index in [0.29, 0.717) is 10.7 Å². The number of aromatic nitrogens is 4. The van der Waals surface area contributed by atoms with E-state index in [-0.39, 0.29) is 17.3 Å². The Morgan fingerprint density at radius 2 is 1.68 bits per heavy atom. The van der Waals surface area contributed by atoms with Gasteiger partial charge in [0.15, 0.2) is 0 Å². The number of thiazole rings is 1. The molecule has 17 heteroatoms. The van der Waals surface area contributed by atoms with Crippen LogP contribution in [0.4, 0.5) is 9.52 Å². The molecular formula is C39H31FN8O5S3. The normalized spacial score (nSPS) is 17.2. The monoisotopic (exact) mass is 806 g/mol. The van der Waals surface area contributed by atoms with Gasteiger partial charge in [0.05, 0.1) is 18.7 Å². The summed E-state index contributed by atoms with van der Waals surface area (Å²) in [6.07, 6.45) is 7.32. The molecule has 56 heavy (non-hydrogen) atoms. The number of nitrogens with one attached hydrogen (secondary N) is 2. The maximum atomic E-state index is 13.8. The van der Waals surface area contributed by atoms with Gasteiger partial charge in [-0.05, 0) is 28.3 Å². The van der Waals surface area contributed by atoms with Crippen molar-refractivity contribution in [3.8, 4) is 0 Å². The number of rotatable bonds is 13. The molecule has 8 rings (SSSR count). The average Bonchev–Trinajstić information content (AvgIpc) is 3.95. The number of aryl methyl sites for hydroxylation is 1. The van der Waals surface area contributed by atoms with Gasteiger partial charge in [0.25, 0.3) is 18.7 Å². The Morgan fingerprint density at radius 1 is 1.04 bits per heavy atom. The molecule has 3 aromatic carbocycles. The minimum absolute atomic E-state index is 0.173. The average molecular weight is 807 g/mol. The Morgan fingerprint density at radius 3 is 2.29 bits per heavy atom. The number of nitrogens with zero attached hydrogens (tertiary/aromatic N) is 6.